The third kappa shape index (κ3) is 3.31. The number of nitrogen functional groups attached to an aromatic ring is 1. The Labute approximate surface area is 130 Å². The van der Waals surface area contributed by atoms with Gasteiger partial charge in [-0.25, -0.2) is 8.42 Å². The van der Waals surface area contributed by atoms with Gasteiger partial charge in [0.05, 0.1) is 10.7 Å². The molecule has 0 saturated heterocycles. The molecule has 0 fully saturated rings. The summed E-state index contributed by atoms with van der Waals surface area (Å²) in [6.45, 7) is 5.51. The first kappa shape index (κ1) is 15.7. The molecule has 2 rings (SSSR count). The summed E-state index contributed by atoms with van der Waals surface area (Å²) in [5.41, 5.74) is 9.25. The van der Waals surface area contributed by atoms with Crippen molar-refractivity contribution in [1.29, 1.82) is 0 Å². The molecule has 0 spiro atoms. The molecule has 0 aliphatic heterocycles. The number of rotatable bonds is 3. The molecule has 4 nitrogen and oxygen atoms in total. The van der Waals surface area contributed by atoms with Gasteiger partial charge in [-0.3, -0.25) is 4.72 Å². The first-order chi connectivity index (χ1) is 9.70. The summed E-state index contributed by atoms with van der Waals surface area (Å²) in [5.74, 6) is 0. The smallest absolute Gasteiger partial charge is 0.263 e. The van der Waals surface area contributed by atoms with Gasteiger partial charge in [0.25, 0.3) is 10.0 Å². The van der Waals surface area contributed by atoms with Crippen molar-refractivity contribution in [2.24, 2.45) is 0 Å². The van der Waals surface area contributed by atoms with Gasteiger partial charge < -0.3 is 5.73 Å². The fourth-order valence-electron chi connectivity index (χ4n) is 1.92. The third-order valence-electron chi connectivity index (χ3n) is 3.25. The lowest BCUT2D eigenvalue weighted by Gasteiger charge is -2.13. The van der Waals surface area contributed by atoms with Crippen LogP contribution < -0.4 is 10.5 Å². The van der Waals surface area contributed by atoms with Gasteiger partial charge in [-0.2, -0.15) is 0 Å². The van der Waals surface area contributed by atoms with Crippen molar-refractivity contribution in [3.05, 3.63) is 52.0 Å². The molecule has 0 amide bonds. The number of hydrogen-bond donors (Lipinski definition) is 2. The van der Waals surface area contributed by atoms with Crippen LogP contribution in [-0.2, 0) is 10.0 Å². The second-order valence-electron chi connectivity index (χ2n) is 5.06. The highest BCUT2D eigenvalue weighted by atomic mass is 35.5. The van der Waals surface area contributed by atoms with Crippen molar-refractivity contribution in [1.82, 2.24) is 0 Å². The van der Waals surface area contributed by atoms with Gasteiger partial charge in [0, 0.05) is 5.69 Å². The lowest BCUT2D eigenvalue weighted by atomic mass is 10.1. The molecule has 2 aromatic rings. The van der Waals surface area contributed by atoms with E-state index in [0.29, 0.717) is 11.4 Å². The third-order valence-corrected chi connectivity index (χ3v) is 5.08. The average molecular weight is 325 g/mol. The second kappa shape index (κ2) is 5.58. The van der Waals surface area contributed by atoms with Crippen LogP contribution in [0, 0.1) is 20.8 Å². The molecule has 0 heterocycles. The number of anilines is 2. The molecule has 2 aromatic carbocycles. The van der Waals surface area contributed by atoms with E-state index >= 15 is 0 Å². The SMILES string of the molecule is Cc1ccc(C)c(NS(=O)(=O)c2cc(N)c(C)cc2Cl)c1. The van der Waals surface area contributed by atoms with Gasteiger partial charge in [0.2, 0.25) is 0 Å². The standard InChI is InChI=1S/C15H17ClN2O2S/c1-9-4-5-10(2)14(6-9)18-21(19,20)15-8-13(17)11(3)7-12(15)16/h4-8,18H,17H2,1-3H3. The zero-order chi connectivity index (χ0) is 15.8. The molecular weight excluding hydrogens is 308 g/mol. The summed E-state index contributed by atoms with van der Waals surface area (Å²) in [7, 11) is -3.78. The molecule has 0 aromatic heterocycles. The number of sulfonamides is 1. The number of aryl methyl sites for hydroxylation is 3. The molecule has 0 atom stereocenters. The highest BCUT2D eigenvalue weighted by Crippen LogP contribution is 2.29. The summed E-state index contributed by atoms with van der Waals surface area (Å²) >= 11 is 6.05. The predicted octanol–water partition coefficient (Wildman–Crippen LogP) is 3.65. The maximum atomic E-state index is 12.5. The Balaban J connectivity index is 2.48. The molecule has 112 valence electrons. The van der Waals surface area contributed by atoms with Gasteiger partial charge >= 0.3 is 0 Å². The van der Waals surface area contributed by atoms with E-state index in [2.05, 4.69) is 4.72 Å². The molecular formula is C15H17ClN2O2S. The Morgan fingerprint density at radius 1 is 1.05 bits per heavy atom. The summed E-state index contributed by atoms with van der Waals surface area (Å²) in [6.07, 6.45) is 0. The number of nitrogens with one attached hydrogen (secondary N) is 1. The predicted molar refractivity (Wildman–Crippen MR) is 87.3 cm³/mol. The van der Waals surface area contributed by atoms with E-state index in [0.717, 1.165) is 16.7 Å². The van der Waals surface area contributed by atoms with Crippen LogP contribution in [0.5, 0.6) is 0 Å². The summed E-state index contributed by atoms with van der Waals surface area (Å²) in [4.78, 5) is -0.0202. The maximum absolute atomic E-state index is 12.5. The summed E-state index contributed by atoms with van der Waals surface area (Å²) < 4.78 is 27.6. The Bertz CT molecular complexity index is 802. The molecule has 3 N–H and O–H groups in total. The van der Waals surface area contributed by atoms with E-state index < -0.39 is 10.0 Å². The van der Waals surface area contributed by atoms with Crippen molar-refractivity contribution in [3.63, 3.8) is 0 Å². The molecule has 6 heteroatoms. The highest BCUT2D eigenvalue weighted by molar-refractivity contribution is 7.92. The number of benzene rings is 2. The van der Waals surface area contributed by atoms with Crippen molar-refractivity contribution in [2.45, 2.75) is 25.7 Å². The van der Waals surface area contributed by atoms with Crippen LogP contribution in [0.2, 0.25) is 5.02 Å². The maximum Gasteiger partial charge on any atom is 0.263 e. The quantitative estimate of drug-likeness (QED) is 0.846. The Hall–Kier alpha value is -1.72. The van der Waals surface area contributed by atoms with Crippen LogP contribution in [0.1, 0.15) is 16.7 Å². The van der Waals surface area contributed by atoms with E-state index in [9.17, 15) is 8.42 Å². The van der Waals surface area contributed by atoms with E-state index in [1.165, 1.54) is 6.07 Å². The second-order valence-corrected chi connectivity index (χ2v) is 7.12. The Kier molecular flexibility index (Phi) is 4.16. The molecule has 0 aliphatic rings. The van der Waals surface area contributed by atoms with Crippen LogP contribution in [0.4, 0.5) is 11.4 Å². The largest absolute Gasteiger partial charge is 0.398 e. The average Bonchev–Trinajstić information content (AvgIpc) is 2.37. The van der Waals surface area contributed by atoms with Gasteiger partial charge in [0.15, 0.2) is 0 Å². The number of nitrogens with two attached hydrogens (primary N) is 1. The van der Waals surface area contributed by atoms with E-state index in [-0.39, 0.29) is 9.92 Å². The zero-order valence-electron chi connectivity index (χ0n) is 12.1. The van der Waals surface area contributed by atoms with Crippen molar-refractivity contribution >= 4 is 33.0 Å². The zero-order valence-corrected chi connectivity index (χ0v) is 13.6. The minimum atomic E-state index is -3.78. The Morgan fingerprint density at radius 3 is 2.38 bits per heavy atom. The van der Waals surface area contributed by atoms with Crippen LogP contribution >= 0.6 is 11.6 Å². The van der Waals surface area contributed by atoms with Crippen LogP contribution in [0.15, 0.2) is 35.2 Å². The molecule has 21 heavy (non-hydrogen) atoms. The first-order valence-corrected chi connectivity index (χ1v) is 8.22. The van der Waals surface area contributed by atoms with Gasteiger partial charge in [0.1, 0.15) is 4.90 Å². The number of hydrogen-bond acceptors (Lipinski definition) is 3. The summed E-state index contributed by atoms with van der Waals surface area (Å²) in [6, 6.07) is 8.49. The molecule has 0 unspecified atom stereocenters. The summed E-state index contributed by atoms with van der Waals surface area (Å²) in [5, 5.41) is 0.152. The molecule has 0 bridgehead atoms. The topological polar surface area (TPSA) is 72.2 Å². The van der Waals surface area contributed by atoms with Gasteiger partial charge in [-0.05, 0) is 55.7 Å². The lowest BCUT2D eigenvalue weighted by Crippen LogP contribution is -2.15. The first-order valence-electron chi connectivity index (χ1n) is 6.36. The van der Waals surface area contributed by atoms with Crippen molar-refractivity contribution in [3.8, 4) is 0 Å². The van der Waals surface area contributed by atoms with Crippen molar-refractivity contribution < 1.29 is 8.42 Å². The molecule has 0 aliphatic carbocycles. The minimum absolute atomic E-state index is 0.0202. The van der Waals surface area contributed by atoms with E-state index in [4.69, 9.17) is 17.3 Å². The van der Waals surface area contributed by atoms with E-state index in [1.54, 1.807) is 19.1 Å². The van der Waals surface area contributed by atoms with Crippen LogP contribution in [0.25, 0.3) is 0 Å². The van der Waals surface area contributed by atoms with E-state index in [1.807, 2.05) is 26.0 Å². The van der Waals surface area contributed by atoms with Crippen LogP contribution in [-0.4, -0.2) is 8.42 Å². The number of halogens is 1. The van der Waals surface area contributed by atoms with Gasteiger partial charge in [-0.1, -0.05) is 23.7 Å². The molecule has 0 saturated carbocycles. The fourth-order valence-corrected chi connectivity index (χ4v) is 3.66. The Morgan fingerprint density at radius 2 is 1.71 bits per heavy atom. The molecule has 0 radical (unpaired) electrons. The monoisotopic (exact) mass is 324 g/mol. The van der Waals surface area contributed by atoms with Crippen LogP contribution in [0.3, 0.4) is 0 Å². The normalized spacial score (nSPS) is 11.4. The minimum Gasteiger partial charge on any atom is -0.398 e. The van der Waals surface area contributed by atoms with Gasteiger partial charge in [-0.15, -0.1) is 0 Å². The fraction of sp³-hybridized carbons (Fsp3) is 0.200. The lowest BCUT2D eigenvalue weighted by molar-refractivity contribution is 0.601. The van der Waals surface area contributed by atoms with Crippen molar-refractivity contribution in [2.75, 3.05) is 10.5 Å². The highest BCUT2D eigenvalue weighted by Gasteiger charge is 2.20.